The summed E-state index contributed by atoms with van der Waals surface area (Å²) >= 11 is 0. The van der Waals surface area contributed by atoms with E-state index in [0.717, 1.165) is 31.7 Å². The molecular formula is C24H34N4O+2. The topological polar surface area (TPSA) is 42.1 Å². The lowest BCUT2D eigenvalue weighted by Gasteiger charge is -2.37. The van der Waals surface area contributed by atoms with E-state index in [1.54, 1.807) is 16.0 Å². The number of quaternary nitrogens is 2. The van der Waals surface area contributed by atoms with E-state index in [4.69, 9.17) is 0 Å². The van der Waals surface area contributed by atoms with Gasteiger partial charge in [0.25, 0.3) is 0 Å². The molecule has 0 unspecified atom stereocenters. The summed E-state index contributed by atoms with van der Waals surface area (Å²) in [7, 11) is 0. The Hall–Kier alpha value is -2.24. The van der Waals surface area contributed by atoms with Crippen LogP contribution in [0.2, 0.25) is 0 Å². The minimum Gasteiger partial charge on any atom is -0.324 e. The summed E-state index contributed by atoms with van der Waals surface area (Å²) in [4.78, 5) is 22.9. The van der Waals surface area contributed by atoms with Gasteiger partial charge in [0.05, 0.1) is 12.6 Å². The number of nitrogens with one attached hydrogen (secondary N) is 2. The van der Waals surface area contributed by atoms with Crippen LogP contribution in [0.25, 0.3) is 0 Å². The predicted octanol–water partition coefficient (Wildman–Crippen LogP) is 0.587. The highest BCUT2D eigenvalue weighted by Crippen LogP contribution is 2.30. The molecule has 5 nitrogen and oxygen atoms in total. The van der Waals surface area contributed by atoms with Gasteiger partial charge in [-0.1, -0.05) is 42.8 Å². The van der Waals surface area contributed by atoms with Crippen molar-refractivity contribution in [2.45, 2.75) is 38.8 Å². The Morgan fingerprint density at radius 1 is 1.03 bits per heavy atom. The van der Waals surface area contributed by atoms with Crippen molar-refractivity contribution in [3.05, 3.63) is 60.3 Å². The summed E-state index contributed by atoms with van der Waals surface area (Å²) in [6.45, 7) is 9.02. The van der Waals surface area contributed by atoms with Crippen molar-refractivity contribution in [1.82, 2.24) is 4.98 Å². The largest absolute Gasteiger partial charge is 0.324 e. The van der Waals surface area contributed by atoms with Crippen LogP contribution in [-0.4, -0.2) is 49.7 Å². The van der Waals surface area contributed by atoms with Crippen LogP contribution in [0.3, 0.4) is 0 Å². The Balaban J connectivity index is 1.34. The quantitative estimate of drug-likeness (QED) is 0.722. The average Bonchev–Trinajstić information content (AvgIpc) is 2.70. The molecule has 2 aromatic rings. The molecule has 1 saturated heterocycles. The molecular weight excluding hydrogens is 360 g/mol. The molecule has 1 aliphatic heterocycles. The first-order chi connectivity index (χ1) is 14.2. The third kappa shape index (κ3) is 5.03. The second-order valence-corrected chi connectivity index (χ2v) is 8.74. The summed E-state index contributed by atoms with van der Waals surface area (Å²) in [5.41, 5.74) is 1.42. The smallest absolute Gasteiger partial charge is 0.231 e. The molecule has 0 bridgehead atoms. The Morgan fingerprint density at radius 2 is 1.72 bits per heavy atom. The number of carbonyl (C=O) groups excluding carboxylic acids is 1. The average molecular weight is 395 g/mol. The summed E-state index contributed by atoms with van der Waals surface area (Å²) in [5, 5.41) is 0. The van der Waals surface area contributed by atoms with Gasteiger partial charge in [-0.3, -0.25) is 9.69 Å². The Labute approximate surface area is 174 Å². The van der Waals surface area contributed by atoms with Crippen molar-refractivity contribution < 1.29 is 14.6 Å². The minimum atomic E-state index is 0.170. The maximum atomic E-state index is 13.1. The first kappa shape index (κ1) is 20.0. The molecule has 2 fully saturated rings. The zero-order valence-electron chi connectivity index (χ0n) is 17.5. The van der Waals surface area contributed by atoms with Crippen molar-refractivity contribution in [2.75, 3.05) is 37.6 Å². The van der Waals surface area contributed by atoms with Gasteiger partial charge in [-0.05, 0) is 31.9 Å². The lowest BCUT2D eigenvalue weighted by Crippen LogP contribution is -3.28. The van der Waals surface area contributed by atoms with Crippen LogP contribution in [0.15, 0.2) is 54.7 Å². The molecule has 1 aromatic carbocycles. The van der Waals surface area contributed by atoms with Gasteiger partial charge in [-0.15, -0.1) is 0 Å². The molecule has 29 heavy (non-hydrogen) atoms. The fraction of sp³-hybridized carbons (Fsp3) is 0.500. The van der Waals surface area contributed by atoms with Crippen LogP contribution in [0.5, 0.6) is 0 Å². The number of hydrogen-bond acceptors (Lipinski definition) is 2. The van der Waals surface area contributed by atoms with E-state index in [9.17, 15) is 4.79 Å². The Bertz CT molecular complexity index is 770. The predicted molar refractivity (Wildman–Crippen MR) is 115 cm³/mol. The third-order valence-electron chi connectivity index (χ3n) is 6.57. The van der Waals surface area contributed by atoms with Gasteiger partial charge in [-0.25, -0.2) is 4.98 Å². The Kier molecular flexibility index (Phi) is 6.57. The van der Waals surface area contributed by atoms with E-state index in [-0.39, 0.29) is 17.9 Å². The van der Waals surface area contributed by atoms with Crippen LogP contribution in [0.1, 0.15) is 31.7 Å². The number of piperazine rings is 1. The standard InChI is InChI=1S/C24H32N4O/c1-20(28(23-12-5-6-13-25-23)24(29)22-10-7-11-22)18-26-14-16-27(17-15-26)19-21-8-3-2-4-9-21/h2-6,8-9,12-13,20,22H,7,10-11,14-19H2,1H3/p+2/t20-/m0/s1. The monoisotopic (exact) mass is 394 g/mol. The van der Waals surface area contributed by atoms with E-state index < -0.39 is 0 Å². The second-order valence-electron chi connectivity index (χ2n) is 8.74. The molecule has 154 valence electrons. The highest BCUT2D eigenvalue weighted by Gasteiger charge is 2.35. The van der Waals surface area contributed by atoms with Crippen LogP contribution in [-0.2, 0) is 11.3 Å². The summed E-state index contributed by atoms with van der Waals surface area (Å²) in [6.07, 6.45) is 5.03. The first-order valence-electron chi connectivity index (χ1n) is 11.2. The van der Waals surface area contributed by atoms with Gasteiger partial charge >= 0.3 is 0 Å². The minimum absolute atomic E-state index is 0.170. The molecule has 4 rings (SSSR count). The second kappa shape index (κ2) is 9.51. The maximum absolute atomic E-state index is 13.1. The van der Waals surface area contributed by atoms with Crippen LogP contribution >= 0.6 is 0 Å². The number of pyridine rings is 1. The molecule has 1 saturated carbocycles. The number of aromatic nitrogens is 1. The molecule has 0 radical (unpaired) electrons. The highest BCUT2D eigenvalue weighted by molar-refractivity contribution is 5.95. The SMILES string of the molecule is C[C@@H](C[NH+]1CC[NH+](Cc2ccccc2)CC1)N(C(=O)C1CCC1)c1ccccn1. The van der Waals surface area contributed by atoms with Crippen LogP contribution < -0.4 is 14.7 Å². The van der Waals surface area contributed by atoms with Crippen molar-refractivity contribution in [2.24, 2.45) is 5.92 Å². The summed E-state index contributed by atoms with van der Waals surface area (Å²) in [5.74, 6) is 1.28. The van der Waals surface area contributed by atoms with Gasteiger partial charge in [-0.2, -0.15) is 0 Å². The van der Waals surface area contributed by atoms with Crippen LogP contribution in [0, 0.1) is 5.92 Å². The van der Waals surface area contributed by atoms with Crippen molar-refractivity contribution in [3.8, 4) is 0 Å². The van der Waals surface area contributed by atoms with E-state index >= 15 is 0 Å². The summed E-state index contributed by atoms with van der Waals surface area (Å²) < 4.78 is 0. The maximum Gasteiger partial charge on any atom is 0.231 e. The van der Waals surface area contributed by atoms with E-state index in [1.807, 2.05) is 23.1 Å². The number of amides is 1. The fourth-order valence-electron chi connectivity index (χ4n) is 4.64. The number of anilines is 1. The molecule has 5 heteroatoms. The summed E-state index contributed by atoms with van der Waals surface area (Å²) in [6, 6.07) is 16.8. The molecule has 1 aromatic heterocycles. The van der Waals surface area contributed by atoms with Crippen LogP contribution in [0.4, 0.5) is 5.82 Å². The van der Waals surface area contributed by atoms with Gasteiger partial charge in [0.15, 0.2) is 0 Å². The molecule has 2 aliphatic rings. The molecule has 0 spiro atoms. The highest BCUT2D eigenvalue weighted by atomic mass is 16.2. The van der Waals surface area contributed by atoms with E-state index in [1.165, 1.54) is 38.2 Å². The molecule has 1 aliphatic carbocycles. The molecule has 2 N–H and O–H groups in total. The van der Waals surface area contributed by atoms with Gasteiger partial charge in [0.2, 0.25) is 5.91 Å². The normalized spacial score (nSPS) is 23.2. The van der Waals surface area contributed by atoms with Gasteiger partial charge in [0, 0.05) is 17.7 Å². The lowest BCUT2D eigenvalue weighted by molar-refractivity contribution is -1.02. The van der Waals surface area contributed by atoms with E-state index in [0.29, 0.717) is 0 Å². The van der Waals surface area contributed by atoms with Gasteiger partial charge in [0.1, 0.15) is 38.5 Å². The lowest BCUT2D eigenvalue weighted by atomic mass is 9.84. The zero-order valence-corrected chi connectivity index (χ0v) is 17.5. The van der Waals surface area contributed by atoms with Crippen molar-refractivity contribution in [1.29, 1.82) is 0 Å². The molecule has 1 atom stereocenters. The third-order valence-corrected chi connectivity index (χ3v) is 6.57. The first-order valence-corrected chi connectivity index (χ1v) is 11.2. The fourth-order valence-corrected chi connectivity index (χ4v) is 4.64. The van der Waals surface area contributed by atoms with Gasteiger partial charge < -0.3 is 9.80 Å². The Morgan fingerprint density at radius 3 is 2.34 bits per heavy atom. The van der Waals surface area contributed by atoms with Crippen molar-refractivity contribution >= 4 is 11.7 Å². The molecule has 2 heterocycles. The molecule has 1 amide bonds. The number of benzene rings is 1. The van der Waals surface area contributed by atoms with E-state index in [2.05, 4.69) is 42.2 Å². The number of hydrogen-bond donors (Lipinski definition) is 2. The zero-order chi connectivity index (χ0) is 20.1. The van der Waals surface area contributed by atoms with Crippen molar-refractivity contribution in [3.63, 3.8) is 0 Å². The number of carbonyl (C=O) groups is 1. The number of nitrogens with zero attached hydrogens (tertiary/aromatic N) is 2. The number of rotatable bonds is 7.